The molecule has 0 spiro atoms. The highest BCUT2D eigenvalue weighted by molar-refractivity contribution is 9.10. The number of carbonyl (C=O) groups excluding carboxylic acids is 1. The molecule has 0 N–H and O–H groups in total. The van der Waals surface area contributed by atoms with E-state index >= 15 is 0 Å². The van der Waals surface area contributed by atoms with E-state index in [0.717, 1.165) is 20.5 Å². The fourth-order valence-corrected chi connectivity index (χ4v) is 3.53. The van der Waals surface area contributed by atoms with Crippen LogP contribution in [-0.4, -0.2) is 15.2 Å². The number of halogens is 1. The van der Waals surface area contributed by atoms with Crippen LogP contribution in [0, 0.1) is 0 Å². The normalized spacial score (nSPS) is 11.3. The zero-order valence-electron chi connectivity index (χ0n) is 10.8. The summed E-state index contributed by atoms with van der Waals surface area (Å²) in [6.07, 6.45) is 1.87. The van der Waals surface area contributed by atoms with Crippen LogP contribution in [0.25, 0.3) is 16.0 Å². The Kier molecular flexibility index (Phi) is 2.90. The molecule has 5 heteroatoms. The molecule has 2 aromatic carbocycles. The highest BCUT2D eigenvalue weighted by Gasteiger charge is 2.15. The van der Waals surface area contributed by atoms with Gasteiger partial charge in [0.15, 0.2) is 4.96 Å². The first-order chi connectivity index (χ1) is 10.2. The average Bonchev–Trinajstić information content (AvgIpc) is 3.05. The Hall–Kier alpha value is -1.98. The molecule has 0 unspecified atom stereocenters. The maximum Gasteiger partial charge on any atom is 0.204 e. The van der Waals surface area contributed by atoms with Crippen molar-refractivity contribution in [1.29, 1.82) is 0 Å². The van der Waals surface area contributed by atoms with E-state index < -0.39 is 0 Å². The van der Waals surface area contributed by atoms with Crippen LogP contribution in [0.15, 0.2) is 59.2 Å². The molecule has 0 amide bonds. The molecule has 102 valence electrons. The first-order valence-electron chi connectivity index (χ1n) is 6.39. The number of aromatic nitrogens is 2. The molecule has 21 heavy (non-hydrogen) atoms. The Bertz CT molecular complexity index is 969. The van der Waals surface area contributed by atoms with Crippen molar-refractivity contribution >= 4 is 49.0 Å². The van der Waals surface area contributed by atoms with Crippen molar-refractivity contribution < 1.29 is 4.79 Å². The van der Waals surface area contributed by atoms with E-state index in [0.29, 0.717) is 10.4 Å². The van der Waals surface area contributed by atoms with Gasteiger partial charge in [0.2, 0.25) is 5.78 Å². The SMILES string of the molecule is O=C(c1ccc(Br)cc1)c1cn2c(nc3ccccc32)s1. The van der Waals surface area contributed by atoms with Crippen molar-refractivity contribution in [3.8, 4) is 0 Å². The van der Waals surface area contributed by atoms with Gasteiger partial charge in [-0.3, -0.25) is 9.20 Å². The van der Waals surface area contributed by atoms with E-state index in [1.165, 1.54) is 11.3 Å². The average molecular weight is 357 g/mol. The lowest BCUT2D eigenvalue weighted by molar-refractivity contribution is 0.104. The molecule has 0 fully saturated rings. The molecule has 3 nitrogen and oxygen atoms in total. The van der Waals surface area contributed by atoms with Crippen LogP contribution in [-0.2, 0) is 0 Å². The minimum Gasteiger partial charge on any atom is -0.289 e. The summed E-state index contributed by atoms with van der Waals surface area (Å²) >= 11 is 4.80. The van der Waals surface area contributed by atoms with Crippen molar-refractivity contribution in [2.24, 2.45) is 0 Å². The second kappa shape index (κ2) is 4.79. The van der Waals surface area contributed by atoms with Gasteiger partial charge in [-0.1, -0.05) is 39.4 Å². The van der Waals surface area contributed by atoms with Crippen LogP contribution in [0.1, 0.15) is 15.2 Å². The molecule has 4 aromatic rings. The fourth-order valence-electron chi connectivity index (χ4n) is 2.31. The first kappa shape index (κ1) is 12.7. The van der Waals surface area contributed by atoms with E-state index in [9.17, 15) is 4.79 Å². The van der Waals surface area contributed by atoms with Crippen molar-refractivity contribution in [1.82, 2.24) is 9.38 Å². The summed E-state index contributed by atoms with van der Waals surface area (Å²) in [5.74, 6) is 0.0297. The third-order valence-electron chi connectivity index (χ3n) is 3.34. The van der Waals surface area contributed by atoms with E-state index in [4.69, 9.17) is 0 Å². The molecule has 0 aliphatic carbocycles. The van der Waals surface area contributed by atoms with Crippen LogP contribution in [0.2, 0.25) is 0 Å². The van der Waals surface area contributed by atoms with Gasteiger partial charge in [0.05, 0.1) is 15.9 Å². The van der Waals surface area contributed by atoms with Crippen molar-refractivity contribution in [2.45, 2.75) is 0 Å². The maximum absolute atomic E-state index is 12.5. The van der Waals surface area contributed by atoms with Crippen LogP contribution < -0.4 is 0 Å². The lowest BCUT2D eigenvalue weighted by Crippen LogP contribution is -1.98. The molecular weight excluding hydrogens is 348 g/mol. The van der Waals surface area contributed by atoms with Gasteiger partial charge >= 0.3 is 0 Å². The number of imidazole rings is 1. The molecular formula is C16H9BrN2OS. The number of fused-ring (bicyclic) bond motifs is 3. The zero-order chi connectivity index (χ0) is 14.4. The molecule has 0 saturated carbocycles. The summed E-state index contributed by atoms with van der Waals surface area (Å²) in [6, 6.07) is 15.3. The summed E-state index contributed by atoms with van der Waals surface area (Å²) in [4.78, 5) is 18.6. The number of nitrogens with zero attached hydrogens (tertiary/aromatic N) is 2. The number of rotatable bonds is 2. The number of ketones is 1. The number of hydrogen-bond donors (Lipinski definition) is 0. The van der Waals surface area contributed by atoms with Gasteiger partial charge in [0.1, 0.15) is 0 Å². The fraction of sp³-hybridized carbons (Fsp3) is 0. The largest absolute Gasteiger partial charge is 0.289 e. The third-order valence-corrected chi connectivity index (χ3v) is 4.85. The second-order valence-corrected chi connectivity index (χ2v) is 6.61. The quantitative estimate of drug-likeness (QED) is 0.494. The van der Waals surface area contributed by atoms with Gasteiger partial charge in [-0.05, 0) is 36.4 Å². The lowest BCUT2D eigenvalue weighted by Gasteiger charge is -1.97. The molecule has 4 rings (SSSR count). The van der Waals surface area contributed by atoms with Crippen molar-refractivity contribution in [3.05, 3.63) is 69.6 Å². The van der Waals surface area contributed by atoms with E-state index in [1.54, 1.807) is 0 Å². The van der Waals surface area contributed by atoms with Crippen LogP contribution in [0.5, 0.6) is 0 Å². The predicted molar refractivity (Wildman–Crippen MR) is 88.1 cm³/mol. The smallest absolute Gasteiger partial charge is 0.204 e. The molecule has 0 aliphatic rings. The third kappa shape index (κ3) is 2.09. The molecule has 0 aliphatic heterocycles. The van der Waals surface area contributed by atoms with E-state index in [-0.39, 0.29) is 5.78 Å². The first-order valence-corrected chi connectivity index (χ1v) is 8.00. The highest BCUT2D eigenvalue weighted by atomic mass is 79.9. The molecule has 0 atom stereocenters. The Morgan fingerprint density at radius 1 is 1.10 bits per heavy atom. The topological polar surface area (TPSA) is 34.4 Å². The van der Waals surface area contributed by atoms with E-state index in [1.807, 2.05) is 59.1 Å². The standard InChI is InChI=1S/C16H9BrN2OS/c17-11-7-5-10(6-8-11)15(20)14-9-19-13-4-2-1-3-12(13)18-16(19)21-14/h1-9H. The number of benzene rings is 2. The Morgan fingerprint density at radius 2 is 1.86 bits per heavy atom. The number of para-hydroxylation sites is 2. The summed E-state index contributed by atoms with van der Waals surface area (Å²) in [7, 11) is 0. The van der Waals surface area contributed by atoms with Gasteiger partial charge in [0.25, 0.3) is 0 Å². The van der Waals surface area contributed by atoms with Gasteiger partial charge in [-0.15, -0.1) is 0 Å². The Balaban J connectivity index is 1.83. The van der Waals surface area contributed by atoms with Gasteiger partial charge in [-0.2, -0.15) is 0 Å². The van der Waals surface area contributed by atoms with Gasteiger partial charge < -0.3 is 0 Å². The van der Waals surface area contributed by atoms with Gasteiger partial charge in [-0.25, -0.2) is 4.98 Å². The summed E-state index contributed by atoms with van der Waals surface area (Å²) in [5.41, 5.74) is 2.66. The zero-order valence-corrected chi connectivity index (χ0v) is 13.2. The molecule has 0 radical (unpaired) electrons. The summed E-state index contributed by atoms with van der Waals surface area (Å²) in [5, 5.41) is 0. The van der Waals surface area contributed by atoms with Gasteiger partial charge in [0, 0.05) is 16.2 Å². The van der Waals surface area contributed by atoms with Crippen LogP contribution in [0.4, 0.5) is 0 Å². The Labute approximate surface area is 133 Å². The minimum absolute atomic E-state index is 0.0297. The van der Waals surface area contributed by atoms with Crippen LogP contribution in [0.3, 0.4) is 0 Å². The molecule has 0 saturated heterocycles. The molecule has 2 aromatic heterocycles. The number of carbonyl (C=O) groups is 1. The van der Waals surface area contributed by atoms with Crippen molar-refractivity contribution in [2.75, 3.05) is 0 Å². The van der Waals surface area contributed by atoms with Crippen LogP contribution >= 0.6 is 27.3 Å². The lowest BCUT2D eigenvalue weighted by atomic mass is 10.1. The molecule has 2 heterocycles. The summed E-state index contributed by atoms with van der Waals surface area (Å²) in [6.45, 7) is 0. The Morgan fingerprint density at radius 3 is 2.67 bits per heavy atom. The maximum atomic E-state index is 12.5. The predicted octanol–water partition coefficient (Wildman–Crippen LogP) is 4.54. The monoisotopic (exact) mass is 356 g/mol. The highest BCUT2D eigenvalue weighted by Crippen LogP contribution is 2.25. The van der Waals surface area contributed by atoms with E-state index in [2.05, 4.69) is 20.9 Å². The minimum atomic E-state index is 0.0297. The molecule has 0 bridgehead atoms. The number of hydrogen-bond acceptors (Lipinski definition) is 3. The second-order valence-electron chi connectivity index (χ2n) is 4.68. The summed E-state index contributed by atoms with van der Waals surface area (Å²) < 4.78 is 2.94. The van der Waals surface area contributed by atoms with Crippen molar-refractivity contribution in [3.63, 3.8) is 0 Å². The number of thiazole rings is 1.